The molecule has 11 heteroatoms. The van der Waals surface area contributed by atoms with Gasteiger partial charge in [-0.25, -0.2) is 14.6 Å². The van der Waals surface area contributed by atoms with Crippen LogP contribution >= 0.6 is 0 Å². The molecule has 43 heavy (non-hydrogen) atoms. The molecule has 5 aromatic rings. The zero-order valence-corrected chi connectivity index (χ0v) is 24.4. The Hall–Kier alpha value is -4.87. The van der Waals surface area contributed by atoms with E-state index in [1.807, 2.05) is 65.5 Å². The summed E-state index contributed by atoms with van der Waals surface area (Å²) in [6, 6.07) is 19.9. The Morgan fingerprint density at radius 3 is 2.47 bits per heavy atom. The van der Waals surface area contributed by atoms with E-state index >= 15 is 0 Å². The molecule has 0 spiro atoms. The second-order valence-corrected chi connectivity index (χ2v) is 10.1. The van der Waals surface area contributed by atoms with Crippen LogP contribution in [0.2, 0.25) is 0 Å². The van der Waals surface area contributed by atoms with Crippen molar-refractivity contribution in [2.45, 2.75) is 19.4 Å². The van der Waals surface area contributed by atoms with Crippen molar-refractivity contribution in [2.24, 2.45) is 4.99 Å². The van der Waals surface area contributed by atoms with E-state index < -0.39 is 0 Å². The molecule has 1 atom stereocenters. The number of benzene rings is 3. The molecule has 0 fully saturated rings. The maximum atomic E-state index is 5.98. The summed E-state index contributed by atoms with van der Waals surface area (Å²) in [6.07, 6.45) is 4.30. The van der Waals surface area contributed by atoms with Gasteiger partial charge in [-0.3, -0.25) is 4.99 Å². The summed E-state index contributed by atoms with van der Waals surface area (Å²) < 4.78 is 24.0. The minimum atomic E-state index is -0.00832. The standard InChI is InChI=1S/C32H33N7O4/c1-21(27-16-23-7-4-5-10-26(23)36-27)39-19-29(37-38-39)22-8-6-9-24(15-22)35-32-25-17-30(42-13-11-40-2)31(43-14-12-41-3)18-28(25)33-20-34-32/h4-10,15,17-21H,11-14,16H2,1-3H3,(H,33,34,35)/t21-/m1/s1. The number of nitrogens with one attached hydrogen (secondary N) is 1. The zero-order chi connectivity index (χ0) is 29.6. The number of rotatable bonds is 13. The Kier molecular flexibility index (Phi) is 8.52. The molecular weight excluding hydrogens is 546 g/mol. The van der Waals surface area contributed by atoms with Gasteiger partial charge in [0.05, 0.1) is 36.7 Å². The summed E-state index contributed by atoms with van der Waals surface area (Å²) in [5.74, 6) is 1.79. The first kappa shape index (κ1) is 28.3. The third-order valence-electron chi connectivity index (χ3n) is 7.23. The maximum absolute atomic E-state index is 5.98. The fourth-order valence-corrected chi connectivity index (χ4v) is 4.90. The van der Waals surface area contributed by atoms with E-state index in [9.17, 15) is 0 Å². The Bertz CT molecular complexity index is 1750. The Morgan fingerprint density at radius 1 is 0.884 bits per heavy atom. The van der Waals surface area contributed by atoms with Crippen molar-refractivity contribution in [1.29, 1.82) is 0 Å². The molecule has 3 aromatic carbocycles. The van der Waals surface area contributed by atoms with Crippen LogP contribution in [0.1, 0.15) is 18.5 Å². The van der Waals surface area contributed by atoms with Crippen molar-refractivity contribution in [2.75, 3.05) is 46.0 Å². The smallest absolute Gasteiger partial charge is 0.163 e. The van der Waals surface area contributed by atoms with E-state index in [-0.39, 0.29) is 6.04 Å². The first-order chi connectivity index (χ1) is 21.1. The number of nitrogens with zero attached hydrogens (tertiary/aromatic N) is 6. The second kappa shape index (κ2) is 13.0. The van der Waals surface area contributed by atoms with Gasteiger partial charge in [0.25, 0.3) is 0 Å². The van der Waals surface area contributed by atoms with Gasteiger partial charge in [0.2, 0.25) is 0 Å². The van der Waals surface area contributed by atoms with E-state index in [1.165, 1.54) is 11.9 Å². The van der Waals surface area contributed by atoms with Crippen LogP contribution in [-0.4, -0.2) is 71.3 Å². The molecule has 220 valence electrons. The number of aliphatic imine (C=N–C) groups is 1. The van der Waals surface area contributed by atoms with Crippen LogP contribution in [0.3, 0.4) is 0 Å². The molecule has 3 heterocycles. The number of aromatic nitrogens is 5. The molecular formula is C32H33N7O4. The van der Waals surface area contributed by atoms with Crippen LogP contribution in [0.25, 0.3) is 22.2 Å². The van der Waals surface area contributed by atoms with E-state index in [1.54, 1.807) is 14.2 Å². The van der Waals surface area contributed by atoms with Gasteiger partial charge in [0, 0.05) is 49.1 Å². The van der Waals surface area contributed by atoms with Gasteiger partial charge in [0.15, 0.2) is 11.5 Å². The molecule has 1 aliphatic heterocycles. The predicted octanol–water partition coefficient (Wildman–Crippen LogP) is 5.57. The van der Waals surface area contributed by atoms with E-state index in [2.05, 4.69) is 38.6 Å². The topological polar surface area (TPSA) is 118 Å². The van der Waals surface area contributed by atoms with Gasteiger partial charge in [-0.15, -0.1) is 5.10 Å². The number of hydrogen-bond donors (Lipinski definition) is 1. The highest BCUT2D eigenvalue weighted by atomic mass is 16.5. The molecule has 0 saturated carbocycles. The Morgan fingerprint density at radius 2 is 1.67 bits per heavy atom. The molecule has 0 aliphatic carbocycles. The molecule has 1 aliphatic rings. The van der Waals surface area contributed by atoms with E-state index in [4.69, 9.17) is 23.9 Å². The summed E-state index contributed by atoms with van der Waals surface area (Å²) in [4.78, 5) is 13.8. The van der Waals surface area contributed by atoms with Crippen molar-refractivity contribution in [3.05, 3.63) is 78.8 Å². The highest BCUT2D eigenvalue weighted by Crippen LogP contribution is 2.36. The molecule has 1 N–H and O–H groups in total. The molecule has 11 nitrogen and oxygen atoms in total. The third-order valence-corrected chi connectivity index (χ3v) is 7.23. The molecule has 6 rings (SSSR count). The minimum absolute atomic E-state index is 0.00832. The predicted molar refractivity (Wildman–Crippen MR) is 165 cm³/mol. The first-order valence-corrected chi connectivity index (χ1v) is 14.1. The number of anilines is 2. The lowest BCUT2D eigenvalue weighted by Crippen LogP contribution is -2.17. The molecule has 0 radical (unpaired) electrons. The van der Waals surface area contributed by atoms with Crippen molar-refractivity contribution in [3.63, 3.8) is 0 Å². The average Bonchev–Trinajstić information content (AvgIpc) is 3.70. The lowest BCUT2D eigenvalue weighted by molar-refractivity contribution is 0.132. The van der Waals surface area contributed by atoms with Gasteiger partial charge in [0.1, 0.15) is 31.1 Å². The fourth-order valence-electron chi connectivity index (χ4n) is 4.90. The zero-order valence-electron chi connectivity index (χ0n) is 24.4. The lowest BCUT2D eigenvalue weighted by Gasteiger charge is -2.15. The number of hydrogen-bond acceptors (Lipinski definition) is 10. The van der Waals surface area contributed by atoms with Gasteiger partial charge in [-0.2, -0.15) is 0 Å². The third kappa shape index (κ3) is 6.32. The monoisotopic (exact) mass is 579 g/mol. The lowest BCUT2D eigenvalue weighted by atomic mass is 10.1. The Balaban J connectivity index is 1.23. The van der Waals surface area contributed by atoms with Gasteiger partial charge in [-0.05, 0) is 36.8 Å². The number of ether oxygens (including phenoxy) is 4. The van der Waals surface area contributed by atoms with E-state index in [0.29, 0.717) is 49.3 Å². The van der Waals surface area contributed by atoms with Crippen LogP contribution in [0, 0.1) is 0 Å². The SMILES string of the molecule is COCCOc1cc2ncnc(Nc3cccc(-c4cn([C@H](C)C5=Nc6ccccc6C5)nn4)c3)c2cc1OCCOC. The highest BCUT2D eigenvalue weighted by molar-refractivity contribution is 5.96. The van der Waals surface area contributed by atoms with Gasteiger partial charge < -0.3 is 24.3 Å². The van der Waals surface area contributed by atoms with Crippen LogP contribution in [0.15, 0.2) is 78.2 Å². The second-order valence-electron chi connectivity index (χ2n) is 10.1. The maximum Gasteiger partial charge on any atom is 0.163 e. The highest BCUT2D eigenvalue weighted by Gasteiger charge is 2.22. The van der Waals surface area contributed by atoms with Crippen molar-refractivity contribution < 1.29 is 18.9 Å². The Labute approximate surface area is 249 Å². The fraction of sp³-hybridized carbons (Fsp3) is 0.281. The summed E-state index contributed by atoms with van der Waals surface area (Å²) >= 11 is 0. The van der Waals surface area contributed by atoms with Crippen molar-refractivity contribution in [1.82, 2.24) is 25.0 Å². The molecule has 0 bridgehead atoms. The van der Waals surface area contributed by atoms with Gasteiger partial charge >= 0.3 is 0 Å². The number of fused-ring (bicyclic) bond motifs is 2. The minimum Gasteiger partial charge on any atom is -0.487 e. The van der Waals surface area contributed by atoms with Crippen LogP contribution in [0.4, 0.5) is 17.2 Å². The summed E-state index contributed by atoms with van der Waals surface area (Å²) in [6.45, 7) is 3.77. The molecule has 0 saturated heterocycles. The van der Waals surface area contributed by atoms with Crippen LogP contribution in [-0.2, 0) is 15.9 Å². The molecule has 0 unspecified atom stereocenters. The average molecular weight is 580 g/mol. The summed E-state index contributed by atoms with van der Waals surface area (Å²) in [5, 5.41) is 13.1. The van der Waals surface area contributed by atoms with Crippen molar-refractivity contribution in [3.8, 4) is 22.8 Å². The van der Waals surface area contributed by atoms with Crippen LogP contribution < -0.4 is 14.8 Å². The first-order valence-electron chi connectivity index (χ1n) is 14.1. The normalized spacial score (nSPS) is 13.0. The molecule has 2 aromatic heterocycles. The summed E-state index contributed by atoms with van der Waals surface area (Å²) in [7, 11) is 3.27. The van der Waals surface area contributed by atoms with Crippen molar-refractivity contribution >= 4 is 33.8 Å². The number of methoxy groups -OCH3 is 2. The van der Waals surface area contributed by atoms with E-state index in [0.717, 1.165) is 40.2 Å². The quantitative estimate of drug-likeness (QED) is 0.179. The number of para-hydroxylation sites is 1. The molecule has 0 amide bonds. The van der Waals surface area contributed by atoms with Crippen LogP contribution in [0.5, 0.6) is 11.5 Å². The largest absolute Gasteiger partial charge is 0.487 e. The summed E-state index contributed by atoms with van der Waals surface area (Å²) in [5.41, 5.74) is 6.60. The van der Waals surface area contributed by atoms with Gasteiger partial charge in [-0.1, -0.05) is 35.5 Å².